The van der Waals surface area contributed by atoms with E-state index < -0.39 is 0 Å². The molecule has 0 bridgehead atoms. The third kappa shape index (κ3) is 1.69. The van der Waals surface area contributed by atoms with Crippen LogP contribution in [0.2, 0.25) is 0 Å². The molecule has 84 valence electrons. The number of carbonyl (C=O) groups is 1. The molecule has 1 aliphatic rings. The van der Waals surface area contributed by atoms with Crippen molar-refractivity contribution in [2.75, 3.05) is 6.61 Å². The van der Waals surface area contributed by atoms with E-state index in [1.54, 1.807) is 0 Å². The van der Waals surface area contributed by atoms with Gasteiger partial charge in [0.2, 0.25) is 0 Å². The van der Waals surface area contributed by atoms with Gasteiger partial charge in [0.15, 0.2) is 5.78 Å². The van der Waals surface area contributed by atoms with Gasteiger partial charge in [-0.2, -0.15) is 0 Å². The minimum absolute atomic E-state index is 0.141. The van der Waals surface area contributed by atoms with Gasteiger partial charge in [-0.05, 0) is 37.1 Å². The summed E-state index contributed by atoms with van der Waals surface area (Å²) in [6, 6.07) is 3.70. The van der Waals surface area contributed by atoms with E-state index in [-0.39, 0.29) is 5.78 Å². The first-order chi connectivity index (χ1) is 7.63. The molecule has 0 amide bonds. The van der Waals surface area contributed by atoms with Gasteiger partial charge in [0.05, 0.1) is 18.4 Å². The van der Waals surface area contributed by atoms with Crippen LogP contribution >= 0.6 is 0 Å². The normalized spacial score (nSPS) is 17.9. The summed E-state index contributed by atoms with van der Waals surface area (Å²) >= 11 is 0. The van der Waals surface area contributed by atoms with Crippen molar-refractivity contribution in [2.24, 2.45) is 0 Å². The second kappa shape index (κ2) is 4.00. The second-order valence-electron chi connectivity index (χ2n) is 4.01. The highest BCUT2D eigenvalue weighted by molar-refractivity contribution is 6.10. The molecule has 0 saturated heterocycles. The van der Waals surface area contributed by atoms with E-state index in [1.807, 2.05) is 26.0 Å². The summed E-state index contributed by atoms with van der Waals surface area (Å²) in [5.74, 6) is 0.475. The van der Waals surface area contributed by atoms with Crippen molar-refractivity contribution >= 4 is 5.78 Å². The third-order valence-electron chi connectivity index (χ3n) is 2.92. The predicted octanol–water partition coefficient (Wildman–Crippen LogP) is 2.71. The van der Waals surface area contributed by atoms with E-state index in [0.29, 0.717) is 29.9 Å². The number of ether oxygens (including phenoxy) is 1. The van der Waals surface area contributed by atoms with Gasteiger partial charge in [-0.15, -0.1) is 0 Å². The molecule has 0 aromatic heterocycles. The quantitative estimate of drug-likeness (QED) is 0.538. The maximum absolute atomic E-state index is 12.0. The summed E-state index contributed by atoms with van der Waals surface area (Å²) in [6.45, 7) is 4.36. The van der Waals surface area contributed by atoms with Gasteiger partial charge in [-0.25, -0.2) is 0 Å². The fraction of sp³-hybridized carbons (Fsp3) is 0.308. The van der Waals surface area contributed by atoms with Crippen LogP contribution in [0.25, 0.3) is 0 Å². The Kier molecular flexibility index (Phi) is 2.69. The zero-order valence-corrected chi connectivity index (χ0v) is 9.41. The molecule has 1 aromatic carbocycles. The van der Waals surface area contributed by atoms with Crippen LogP contribution in [0, 0.1) is 13.8 Å². The van der Waals surface area contributed by atoms with Crippen molar-refractivity contribution in [3.63, 3.8) is 0 Å². The number of carbonyl (C=O) groups excluding carboxylic acids is 1. The van der Waals surface area contributed by atoms with Crippen molar-refractivity contribution in [1.82, 2.24) is 0 Å². The van der Waals surface area contributed by atoms with Gasteiger partial charge in [-0.3, -0.25) is 4.79 Å². The monoisotopic (exact) mass is 218 g/mol. The largest absolute Gasteiger partial charge is 0.515 e. The molecule has 0 atom stereocenters. The standard InChI is InChI=1S/C13H14O3/c1-8-5-11-12(6-9(8)2)16-4-3-10(7-14)13(11)15/h5-7,14H,3-4H2,1-2H3/b10-7+. The summed E-state index contributed by atoms with van der Waals surface area (Å²) in [7, 11) is 0. The molecule has 1 aliphatic heterocycles. The Morgan fingerprint density at radius 2 is 2.00 bits per heavy atom. The number of hydrogen-bond acceptors (Lipinski definition) is 3. The van der Waals surface area contributed by atoms with E-state index in [2.05, 4.69) is 0 Å². The van der Waals surface area contributed by atoms with E-state index >= 15 is 0 Å². The molecule has 3 nitrogen and oxygen atoms in total. The Balaban J connectivity index is 2.58. The lowest BCUT2D eigenvalue weighted by atomic mass is 9.98. The minimum Gasteiger partial charge on any atom is -0.515 e. The van der Waals surface area contributed by atoms with Gasteiger partial charge in [0.25, 0.3) is 0 Å². The molecule has 0 saturated carbocycles. The molecular weight excluding hydrogens is 204 g/mol. The fourth-order valence-electron chi connectivity index (χ4n) is 1.77. The SMILES string of the molecule is Cc1cc2c(cc1C)C(=O)/C(=C/O)CCO2. The van der Waals surface area contributed by atoms with Crippen LogP contribution in [0.3, 0.4) is 0 Å². The molecule has 16 heavy (non-hydrogen) atoms. The van der Waals surface area contributed by atoms with E-state index in [9.17, 15) is 4.79 Å². The number of benzene rings is 1. The van der Waals surface area contributed by atoms with Crippen molar-refractivity contribution in [3.8, 4) is 5.75 Å². The molecule has 1 heterocycles. The maximum Gasteiger partial charge on any atom is 0.195 e. The van der Waals surface area contributed by atoms with Crippen molar-refractivity contribution in [2.45, 2.75) is 20.3 Å². The van der Waals surface area contributed by atoms with E-state index in [1.165, 1.54) is 0 Å². The molecule has 2 rings (SSSR count). The topological polar surface area (TPSA) is 46.5 Å². The van der Waals surface area contributed by atoms with Crippen LogP contribution in [0.4, 0.5) is 0 Å². The van der Waals surface area contributed by atoms with Crippen molar-refractivity contribution in [3.05, 3.63) is 40.7 Å². The smallest absolute Gasteiger partial charge is 0.195 e. The number of fused-ring (bicyclic) bond motifs is 1. The molecule has 0 aliphatic carbocycles. The molecular formula is C13H14O3. The summed E-state index contributed by atoms with van der Waals surface area (Å²) in [5, 5.41) is 9.00. The molecule has 0 radical (unpaired) electrons. The third-order valence-corrected chi connectivity index (χ3v) is 2.92. The molecule has 0 unspecified atom stereocenters. The average Bonchev–Trinajstić information content (AvgIpc) is 2.41. The number of aliphatic hydroxyl groups excluding tert-OH is 1. The van der Waals surface area contributed by atoms with Crippen LogP contribution < -0.4 is 4.74 Å². The Bertz CT molecular complexity index is 472. The Morgan fingerprint density at radius 1 is 1.31 bits per heavy atom. The van der Waals surface area contributed by atoms with Gasteiger partial charge >= 0.3 is 0 Å². The van der Waals surface area contributed by atoms with Crippen LogP contribution in [0.15, 0.2) is 24.0 Å². The number of aliphatic hydroxyl groups is 1. The van der Waals surface area contributed by atoms with Gasteiger partial charge in [-0.1, -0.05) is 0 Å². The summed E-state index contributed by atoms with van der Waals surface area (Å²) in [4.78, 5) is 12.0. The van der Waals surface area contributed by atoms with Gasteiger partial charge in [0, 0.05) is 12.0 Å². The average molecular weight is 218 g/mol. The predicted molar refractivity (Wildman–Crippen MR) is 61.1 cm³/mol. The van der Waals surface area contributed by atoms with Crippen LogP contribution in [-0.2, 0) is 0 Å². The second-order valence-corrected chi connectivity index (χ2v) is 4.01. The highest BCUT2D eigenvalue weighted by Crippen LogP contribution is 2.29. The highest BCUT2D eigenvalue weighted by Gasteiger charge is 2.21. The number of rotatable bonds is 0. The number of ketones is 1. The summed E-state index contributed by atoms with van der Waals surface area (Å²) in [5.41, 5.74) is 3.10. The first kappa shape index (κ1) is 10.7. The van der Waals surface area contributed by atoms with E-state index in [0.717, 1.165) is 17.4 Å². The van der Waals surface area contributed by atoms with Gasteiger partial charge < -0.3 is 9.84 Å². The Hall–Kier alpha value is -1.77. The van der Waals surface area contributed by atoms with Crippen LogP contribution in [0.1, 0.15) is 27.9 Å². The maximum atomic E-state index is 12.0. The molecule has 0 fully saturated rings. The zero-order valence-electron chi connectivity index (χ0n) is 9.41. The first-order valence-corrected chi connectivity index (χ1v) is 5.25. The fourth-order valence-corrected chi connectivity index (χ4v) is 1.77. The number of hydrogen-bond donors (Lipinski definition) is 1. The number of aryl methyl sites for hydroxylation is 2. The zero-order chi connectivity index (χ0) is 11.7. The summed E-state index contributed by atoms with van der Waals surface area (Å²) < 4.78 is 5.51. The Morgan fingerprint density at radius 3 is 2.69 bits per heavy atom. The lowest BCUT2D eigenvalue weighted by Crippen LogP contribution is -2.03. The minimum atomic E-state index is -0.141. The molecule has 1 N–H and O–H groups in total. The van der Waals surface area contributed by atoms with Gasteiger partial charge in [0.1, 0.15) is 5.75 Å². The molecule has 3 heteroatoms. The van der Waals surface area contributed by atoms with Crippen molar-refractivity contribution < 1.29 is 14.6 Å². The molecule has 0 spiro atoms. The molecule has 1 aromatic rings. The lowest BCUT2D eigenvalue weighted by molar-refractivity contribution is 0.103. The van der Waals surface area contributed by atoms with E-state index in [4.69, 9.17) is 9.84 Å². The van der Waals surface area contributed by atoms with Crippen molar-refractivity contribution in [1.29, 1.82) is 0 Å². The van der Waals surface area contributed by atoms with Crippen LogP contribution in [0.5, 0.6) is 5.75 Å². The summed E-state index contributed by atoms with van der Waals surface area (Å²) in [6.07, 6.45) is 1.33. The first-order valence-electron chi connectivity index (χ1n) is 5.25. The Labute approximate surface area is 94.4 Å². The van der Waals surface area contributed by atoms with Crippen LogP contribution in [-0.4, -0.2) is 17.5 Å². The highest BCUT2D eigenvalue weighted by atomic mass is 16.5. The number of Topliss-reactive ketones (excluding diaryl/α,β-unsaturated/α-hetero) is 1. The lowest BCUT2D eigenvalue weighted by Gasteiger charge is -2.09.